The zero-order valence-electron chi connectivity index (χ0n) is 12.6. The Morgan fingerprint density at radius 3 is 2.38 bits per heavy atom. The van der Waals surface area contributed by atoms with E-state index in [0.29, 0.717) is 16.8 Å². The topological polar surface area (TPSA) is 86.7 Å². The average Bonchev–Trinajstić information content (AvgIpc) is 2.36. The fourth-order valence-electron chi connectivity index (χ4n) is 1.98. The van der Waals surface area contributed by atoms with Gasteiger partial charge in [0.05, 0.1) is 0 Å². The highest BCUT2D eigenvalue weighted by Gasteiger charge is 2.23. The van der Waals surface area contributed by atoms with Crippen molar-refractivity contribution in [2.24, 2.45) is 0 Å². The summed E-state index contributed by atoms with van der Waals surface area (Å²) in [5.41, 5.74) is 1.55. The van der Waals surface area contributed by atoms with Crippen molar-refractivity contribution in [1.29, 1.82) is 0 Å². The van der Waals surface area contributed by atoms with Gasteiger partial charge in [-0.05, 0) is 38.5 Å². The van der Waals surface area contributed by atoms with Gasteiger partial charge in [0, 0.05) is 24.2 Å². The molecule has 0 aliphatic carbocycles. The fraction of sp³-hybridized carbons (Fsp3) is 0.400. The van der Waals surface area contributed by atoms with E-state index < -0.39 is 5.97 Å². The van der Waals surface area contributed by atoms with Crippen molar-refractivity contribution < 1.29 is 19.5 Å². The Balaban J connectivity index is 3.16. The summed E-state index contributed by atoms with van der Waals surface area (Å²) in [7, 11) is 0. The molecular weight excluding hydrogens is 272 g/mol. The van der Waals surface area contributed by atoms with Crippen LogP contribution in [-0.4, -0.2) is 40.4 Å². The molecule has 0 aliphatic rings. The maximum absolute atomic E-state index is 12.5. The second-order valence-electron chi connectivity index (χ2n) is 5.08. The molecule has 1 aromatic rings. The minimum absolute atomic E-state index is 0.228. The number of nitrogens with zero attached hydrogens (tertiary/aromatic N) is 1. The van der Waals surface area contributed by atoms with Crippen LogP contribution in [0.25, 0.3) is 0 Å². The lowest BCUT2D eigenvalue weighted by Gasteiger charge is -2.26. The maximum Gasteiger partial charge on any atom is 0.323 e. The molecule has 0 radical (unpaired) electrons. The second kappa shape index (κ2) is 6.88. The van der Waals surface area contributed by atoms with E-state index in [4.69, 9.17) is 5.11 Å². The number of hydrogen-bond donors (Lipinski definition) is 2. The summed E-state index contributed by atoms with van der Waals surface area (Å²) >= 11 is 0. The predicted octanol–water partition coefficient (Wildman–Crippen LogP) is 1.89. The number of nitrogens with one attached hydrogen (secondary N) is 1. The summed E-state index contributed by atoms with van der Waals surface area (Å²) in [6.45, 7) is 6.26. The van der Waals surface area contributed by atoms with Gasteiger partial charge < -0.3 is 15.3 Å². The average molecular weight is 292 g/mol. The lowest BCUT2D eigenvalue weighted by Crippen LogP contribution is -2.41. The Bertz CT molecular complexity index is 567. The van der Waals surface area contributed by atoms with Crippen LogP contribution < -0.4 is 5.32 Å². The largest absolute Gasteiger partial charge is 0.480 e. The molecule has 0 unspecified atom stereocenters. The third-order valence-electron chi connectivity index (χ3n) is 3.06. The summed E-state index contributed by atoms with van der Waals surface area (Å²) in [5.74, 6) is -1.65. The van der Waals surface area contributed by atoms with E-state index in [-0.39, 0.29) is 24.4 Å². The molecule has 0 bridgehead atoms. The standard InChI is InChI=1S/C15H20N2O4/c1-9(2)17(8-14(19)20)15(21)12-6-5-7-13(10(12)3)16-11(4)18/h5-7,9H,8H2,1-4H3,(H,16,18)(H,19,20). The molecule has 0 aliphatic heterocycles. The first-order valence-electron chi connectivity index (χ1n) is 6.64. The van der Waals surface area contributed by atoms with Crippen LogP contribution in [0.5, 0.6) is 0 Å². The molecule has 0 saturated heterocycles. The fourth-order valence-corrected chi connectivity index (χ4v) is 1.98. The third-order valence-corrected chi connectivity index (χ3v) is 3.06. The number of rotatable bonds is 5. The van der Waals surface area contributed by atoms with Gasteiger partial charge in [-0.1, -0.05) is 6.07 Å². The second-order valence-corrected chi connectivity index (χ2v) is 5.08. The molecule has 0 saturated carbocycles. The van der Waals surface area contributed by atoms with Crippen molar-refractivity contribution in [3.8, 4) is 0 Å². The van der Waals surface area contributed by atoms with Crippen LogP contribution in [0.15, 0.2) is 18.2 Å². The highest BCUT2D eigenvalue weighted by molar-refractivity contribution is 6.00. The Kier molecular flexibility index (Phi) is 5.46. The molecule has 0 fully saturated rings. The molecule has 1 rings (SSSR count). The van der Waals surface area contributed by atoms with Crippen LogP contribution in [0.4, 0.5) is 5.69 Å². The maximum atomic E-state index is 12.5. The van der Waals surface area contributed by atoms with E-state index in [0.717, 1.165) is 0 Å². The highest BCUT2D eigenvalue weighted by atomic mass is 16.4. The Morgan fingerprint density at radius 1 is 1.29 bits per heavy atom. The number of hydrogen-bond acceptors (Lipinski definition) is 3. The molecule has 2 amide bonds. The summed E-state index contributed by atoms with van der Waals surface area (Å²) in [4.78, 5) is 35.9. The SMILES string of the molecule is CC(=O)Nc1cccc(C(=O)N(CC(=O)O)C(C)C)c1C. The van der Waals surface area contributed by atoms with Crippen molar-refractivity contribution in [1.82, 2.24) is 4.90 Å². The number of carboxylic acids is 1. The zero-order valence-corrected chi connectivity index (χ0v) is 12.6. The van der Waals surface area contributed by atoms with E-state index in [9.17, 15) is 14.4 Å². The summed E-state index contributed by atoms with van der Waals surface area (Å²) in [6, 6.07) is 4.74. The minimum Gasteiger partial charge on any atom is -0.480 e. The number of benzene rings is 1. The number of carbonyl (C=O) groups is 3. The lowest BCUT2D eigenvalue weighted by molar-refractivity contribution is -0.138. The van der Waals surface area contributed by atoms with E-state index in [2.05, 4.69) is 5.32 Å². The Morgan fingerprint density at radius 2 is 1.90 bits per heavy atom. The Labute approximate surface area is 123 Å². The van der Waals surface area contributed by atoms with Gasteiger partial charge in [0.25, 0.3) is 5.91 Å². The first-order valence-corrected chi connectivity index (χ1v) is 6.64. The first kappa shape index (κ1) is 16.7. The van der Waals surface area contributed by atoms with Gasteiger partial charge in [0.2, 0.25) is 5.91 Å². The number of carboxylic acid groups (broad SMARTS) is 1. The van der Waals surface area contributed by atoms with Gasteiger partial charge >= 0.3 is 5.97 Å². The number of carbonyl (C=O) groups excluding carboxylic acids is 2. The van der Waals surface area contributed by atoms with Gasteiger partial charge in [-0.2, -0.15) is 0 Å². The lowest BCUT2D eigenvalue weighted by atomic mass is 10.0. The van der Waals surface area contributed by atoms with Crippen LogP contribution in [-0.2, 0) is 9.59 Å². The van der Waals surface area contributed by atoms with Crippen molar-refractivity contribution in [2.75, 3.05) is 11.9 Å². The molecule has 0 atom stereocenters. The van der Waals surface area contributed by atoms with Crippen molar-refractivity contribution in [2.45, 2.75) is 33.7 Å². The van der Waals surface area contributed by atoms with Gasteiger partial charge in [0.15, 0.2) is 0 Å². The number of aliphatic carboxylic acids is 1. The molecular formula is C15H20N2O4. The van der Waals surface area contributed by atoms with Gasteiger partial charge in [-0.3, -0.25) is 14.4 Å². The molecule has 6 heteroatoms. The molecule has 1 aromatic carbocycles. The summed E-state index contributed by atoms with van der Waals surface area (Å²) < 4.78 is 0. The number of anilines is 1. The quantitative estimate of drug-likeness (QED) is 0.867. The van der Waals surface area contributed by atoms with E-state index in [1.165, 1.54) is 11.8 Å². The smallest absolute Gasteiger partial charge is 0.323 e. The molecule has 0 heterocycles. The van der Waals surface area contributed by atoms with Gasteiger partial charge in [0.1, 0.15) is 6.54 Å². The van der Waals surface area contributed by atoms with E-state index in [1.54, 1.807) is 39.0 Å². The summed E-state index contributed by atoms with van der Waals surface area (Å²) in [5, 5.41) is 11.6. The monoisotopic (exact) mass is 292 g/mol. The molecule has 6 nitrogen and oxygen atoms in total. The predicted molar refractivity (Wildman–Crippen MR) is 79.3 cm³/mol. The molecule has 2 N–H and O–H groups in total. The van der Waals surface area contributed by atoms with Crippen LogP contribution in [0.1, 0.15) is 36.7 Å². The van der Waals surface area contributed by atoms with Crippen LogP contribution >= 0.6 is 0 Å². The zero-order chi connectivity index (χ0) is 16.2. The molecule has 0 aromatic heterocycles. The minimum atomic E-state index is -1.06. The summed E-state index contributed by atoms with van der Waals surface area (Å²) in [6.07, 6.45) is 0. The highest BCUT2D eigenvalue weighted by Crippen LogP contribution is 2.21. The first-order chi connectivity index (χ1) is 9.73. The van der Waals surface area contributed by atoms with Gasteiger partial charge in [-0.25, -0.2) is 0 Å². The molecule has 21 heavy (non-hydrogen) atoms. The Hall–Kier alpha value is -2.37. The van der Waals surface area contributed by atoms with Gasteiger partial charge in [-0.15, -0.1) is 0 Å². The normalized spacial score (nSPS) is 10.3. The van der Waals surface area contributed by atoms with Crippen LogP contribution in [0.2, 0.25) is 0 Å². The van der Waals surface area contributed by atoms with Crippen molar-refractivity contribution >= 4 is 23.5 Å². The molecule has 0 spiro atoms. The third kappa shape index (κ3) is 4.30. The van der Waals surface area contributed by atoms with Crippen molar-refractivity contribution in [3.05, 3.63) is 29.3 Å². The van der Waals surface area contributed by atoms with Crippen LogP contribution in [0, 0.1) is 6.92 Å². The van der Waals surface area contributed by atoms with Crippen molar-refractivity contribution in [3.63, 3.8) is 0 Å². The van der Waals surface area contributed by atoms with Crippen LogP contribution in [0.3, 0.4) is 0 Å². The molecule has 114 valence electrons. The number of amides is 2. The van der Waals surface area contributed by atoms with E-state index in [1.807, 2.05) is 0 Å². The van der Waals surface area contributed by atoms with E-state index >= 15 is 0 Å².